The summed E-state index contributed by atoms with van der Waals surface area (Å²) in [6.45, 7) is 0.182. The molecule has 2 N–H and O–H groups in total. The lowest BCUT2D eigenvalue weighted by molar-refractivity contribution is 0.0603. The van der Waals surface area contributed by atoms with Crippen molar-refractivity contribution in [2.75, 3.05) is 20.3 Å². The number of nitrogens with one attached hydrogen (secondary N) is 1. The quantitative estimate of drug-likeness (QED) is 0.636. The lowest BCUT2D eigenvalue weighted by atomic mass is 10.3. The Morgan fingerprint density at radius 2 is 2.28 bits per heavy atom. The molecule has 0 fully saturated rings. The van der Waals surface area contributed by atoms with Crippen LogP contribution in [0.15, 0.2) is 21.6 Å². The number of carbonyl (C=O) groups excluding carboxylic acids is 1. The molecule has 0 amide bonds. The third-order valence-corrected chi connectivity index (χ3v) is 3.45. The minimum atomic E-state index is -3.79. The van der Waals surface area contributed by atoms with Crippen molar-refractivity contribution in [2.24, 2.45) is 0 Å². The molecule has 102 valence electrons. The van der Waals surface area contributed by atoms with E-state index in [1.165, 1.54) is 19.2 Å². The van der Waals surface area contributed by atoms with E-state index in [0.717, 1.165) is 0 Å². The molecule has 18 heavy (non-hydrogen) atoms. The first-order chi connectivity index (χ1) is 8.49. The van der Waals surface area contributed by atoms with Gasteiger partial charge in [0.15, 0.2) is 12.0 Å². The van der Waals surface area contributed by atoms with Gasteiger partial charge in [0.2, 0.25) is 5.09 Å². The average molecular weight is 277 g/mol. The maximum Gasteiger partial charge on any atom is 0.273 e. The standard InChI is InChI=1S/C10H15NO6S/c1-16-7-8(13)4-5-11-18(14,15)10-3-2-9(6-12)17-10/h2-3,6,8,11,13H,4-5,7H2,1H3. The van der Waals surface area contributed by atoms with Crippen molar-refractivity contribution in [1.82, 2.24) is 4.72 Å². The summed E-state index contributed by atoms with van der Waals surface area (Å²) >= 11 is 0. The van der Waals surface area contributed by atoms with Crippen molar-refractivity contribution in [2.45, 2.75) is 17.6 Å². The summed E-state index contributed by atoms with van der Waals surface area (Å²) in [7, 11) is -2.35. The minimum Gasteiger partial charge on any atom is -0.440 e. The van der Waals surface area contributed by atoms with Gasteiger partial charge in [0.1, 0.15) is 0 Å². The summed E-state index contributed by atoms with van der Waals surface area (Å²) in [5.74, 6) is -0.0604. The SMILES string of the molecule is COCC(O)CCNS(=O)(=O)c1ccc(C=O)o1. The first kappa shape index (κ1) is 14.8. The fourth-order valence-electron chi connectivity index (χ4n) is 1.25. The molecule has 0 aliphatic heterocycles. The molecule has 1 heterocycles. The van der Waals surface area contributed by atoms with E-state index < -0.39 is 16.1 Å². The van der Waals surface area contributed by atoms with E-state index >= 15 is 0 Å². The average Bonchev–Trinajstić information content (AvgIpc) is 2.78. The number of hydrogen-bond donors (Lipinski definition) is 2. The molecular formula is C10H15NO6S. The molecule has 0 spiro atoms. The lowest BCUT2D eigenvalue weighted by Gasteiger charge is -2.09. The number of furan rings is 1. The molecule has 0 aromatic carbocycles. The zero-order chi connectivity index (χ0) is 13.6. The van der Waals surface area contributed by atoms with Gasteiger partial charge in [-0.05, 0) is 18.6 Å². The van der Waals surface area contributed by atoms with Crippen LogP contribution in [0.3, 0.4) is 0 Å². The van der Waals surface area contributed by atoms with Gasteiger partial charge in [0.05, 0.1) is 12.7 Å². The summed E-state index contributed by atoms with van der Waals surface area (Å²) in [5, 5.41) is 9.00. The Balaban J connectivity index is 2.52. The Labute approximate surface area is 105 Å². The highest BCUT2D eigenvalue weighted by molar-refractivity contribution is 7.89. The molecule has 1 aromatic rings. The van der Waals surface area contributed by atoms with Gasteiger partial charge in [0, 0.05) is 13.7 Å². The fraction of sp³-hybridized carbons (Fsp3) is 0.500. The normalized spacial score (nSPS) is 13.4. The van der Waals surface area contributed by atoms with Crippen molar-refractivity contribution in [1.29, 1.82) is 0 Å². The summed E-state index contributed by atoms with van der Waals surface area (Å²) in [4.78, 5) is 10.4. The van der Waals surface area contributed by atoms with Gasteiger partial charge in [0.25, 0.3) is 10.0 Å². The van der Waals surface area contributed by atoms with E-state index in [1.807, 2.05) is 0 Å². The van der Waals surface area contributed by atoms with Crippen LogP contribution in [0, 0.1) is 0 Å². The molecule has 7 nitrogen and oxygen atoms in total. The highest BCUT2D eigenvalue weighted by atomic mass is 32.2. The largest absolute Gasteiger partial charge is 0.440 e. The third kappa shape index (κ3) is 4.22. The van der Waals surface area contributed by atoms with Crippen molar-refractivity contribution in [3.8, 4) is 0 Å². The van der Waals surface area contributed by atoms with Crippen molar-refractivity contribution < 1.29 is 27.5 Å². The molecule has 1 rings (SSSR count). The zero-order valence-corrected chi connectivity index (χ0v) is 10.6. The van der Waals surface area contributed by atoms with E-state index in [9.17, 15) is 18.3 Å². The highest BCUT2D eigenvalue weighted by Gasteiger charge is 2.18. The molecule has 0 saturated carbocycles. The Morgan fingerprint density at radius 1 is 1.56 bits per heavy atom. The second-order valence-corrected chi connectivity index (χ2v) is 5.27. The van der Waals surface area contributed by atoms with Gasteiger partial charge in [-0.2, -0.15) is 0 Å². The molecular weight excluding hydrogens is 262 g/mol. The molecule has 0 aliphatic rings. The Hall–Kier alpha value is -1.22. The smallest absolute Gasteiger partial charge is 0.273 e. The molecule has 0 saturated heterocycles. The minimum absolute atomic E-state index is 0.0456. The van der Waals surface area contributed by atoms with Gasteiger partial charge in [-0.25, -0.2) is 13.1 Å². The number of aldehydes is 1. The second kappa shape index (κ2) is 6.64. The van der Waals surface area contributed by atoms with Crippen molar-refractivity contribution >= 4 is 16.3 Å². The van der Waals surface area contributed by atoms with Crippen LogP contribution in [-0.2, 0) is 14.8 Å². The van der Waals surface area contributed by atoms with E-state index in [-0.39, 0.29) is 30.4 Å². The molecule has 0 bridgehead atoms. The second-order valence-electron chi connectivity index (χ2n) is 3.57. The molecule has 0 aliphatic carbocycles. The van der Waals surface area contributed by atoms with Gasteiger partial charge >= 0.3 is 0 Å². The fourth-order valence-corrected chi connectivity index (χ4v) is 2.23. The highest BCUT2D eigenvalue weighted by Crippen LogP contribution is 2.12. The first-order valence-electron chi connectivity index (χ1n) is 5.21. The van der Waals surface area contributed by atoms with E-state index in [1.54, 1.807) is 0 Å². The number of hydrogen-bond acceptors (Lipinski definition) is 6. The van der Waals surface area contributed by atoms with Crippen LogP contribution in [0.25, 0.3) is 0 Å². The number of rotatable bonds is 8. The topological polar surface area (TPSA) is 106 Å². The van der Waals surface area contributed by atoms with Crippen molar-refractivity contribution in [3.63, 3.8) is 0 Å². The van der Waals surface area contributed by atoms with Crippen LogP contribution in [0.2, 0.25) is 0 Å². The van der Waals surface area contributed by atoms with Crippen LogP contribution in [0.1, 0.15) is 17.0 Å². The predicted molar refractivity (Wildman–Crippen MR) is 61.8 cm³/mol. The molecule has 0 radical (unpaired) electrons. The molecule has 1 unspecified atom stereocenters. The van der Waals surface area contributed by atoms with E-state index in [4.69, 9.17) is 9.15 Å². The number of aliphatic hydroxyl groups excluding tert-OH is 1. The molecule has 8 heteroatoms. The Kier molecular flexibility index (Phi) is 5.48. The van der Waals surface area contributed by atoms with E-state index in [2.05, 4.69) is 4.72 Å². The molecule has 1 aromatic heterocycles. The zero-order valence-electron chi connectivity index (χ0n) is 9.83. The molecule has 1 atom stereocenters. The summed E-state index contributed by atoms with van der Waals surface area (Å²) < 4.78 is 35.1. The maximum absolute atomic E-state index is 11.7. The monoisotopic (exact) mass is 277 g/mol. The Morgan fingerprint density at radius 3 is 2.83 bits per heavy atom. The first-order valence-corrected chi connectivity index (χ1v) is 6.69. The lowest BCUT2D eigenvalue weighted by Crippen LogP contribution is -2.28. The number of ether oxygens (including phenoxy) is 1. The number of methoxy groups -OCH3 is 1. The van der Waals surface area contributed by atoms with Crippen LogP contribution in [0.4, 0.5) is 0 Å². The van der Waals surface area contributed by atoms with Gasteiger partial charge < -0.3 is 14.3 Å². The van der Waals surface area contributed by atoms with Crippen LogP contribution < -0.4 is 4.72 Å². The van der Waals surface area contributed by atoms with E-state index in [0.29, 0.717) is 6.29 Å². The summed E-state index contributed by atoms with van der Waals surface area (Å²) in [6, 6.07) is 2.46. The summed E-state index contributed by atoms with van der Waals surface area (Å²) in [5.41, 5.74) is 0. The number of sulfonamides is 1. The van der Waals surface area contributed by atoms with Gasteiger partial charge in [-0.15, -0.1) is 0 Å². The number of carbonyl (C=O) groups is 1. The summed E-state index contributed by atoms with van der Waals surface area (Å²) in [6.07, 6.45) is -0.102. The van der Waals surface area contributed by atoms with Gasteiger partial charge in [-0.1, -0.05) is 0 Å². The maximum atomic E-state index is 11.7. The third-order valence-electron chi connectivity index (χ3n) is 2.11. The van der Waals surface area contributed by atoms with Gasteiger partial charge in [-0.3, -0.25) is 4.79 Å². The van der Waals surface area contributed by atoms with Crippen LogP contribution >= 0.6 is 0 Å². The van der Waals surface area contributed by atoms with Crippen LogP contribution in [0.5, 0.6) is 0 Å². The Bertz CT molecular complexity index is 480. The van der Waals surface area contributed by atoms with Crippen LogP contribution in [-0.4, -0.2) is 46.2 Å². The predicted octanol–water partition coefficient (Wildman–Crippen LogP) is -0.232. The number of aliphatic hydroxyl groups is 1. The van der Waals surface area contributed by atoms with Crippen molar-refractivity contribution in [3.05, 3.63) is 17.9 Å².